The molecule has 5 radical (unpaired) electrons. The molecule has 0 saturated heterocycles. The van der Waals surface area contributed by atoms with E-state index in [0.29, 0.717) is 5.41 Å². The van der Waals surface area contributed by atoms with Crippen molar-refractivity contribution in [1.29, 1.82) is 0 Å². The van der Waals surface area contributed by atoms with Crippen LogP contribution in [0.2, 0.25) is 0 Å². The molecule has 25 heavy (non-hydrogen) atoms. The number of halogens is 6. The van der Waals surface area contributed by atoms with E-state index in [0.717, 1.165) is 0 Å². The minimum Gasteiger partial charge on any atom is -0.0312 e. The molecule has 3 rings (SSSR count). The molecule has 0 heterocycles. The number of hydrogen-bond donors (Lipinski definition) is 0. The standard InChI is InChI=1S/C12H14.C5H5.F6P.Fe/c1-12(9-5-6-10-12)11-7-3-2-4-8-11;1-2-4-5-3-1;1-7(2,3,4,5)6;/h2-8H,9-10H2,1H3;1-5H;;/q;;-1;+2. The second-order valence-electron chi connectivity index (χ2n) is 5.73. The molecule has 1 aromatic carbocycles. The van der Waals surface area contributed by atoms with Gasteiger partial charge in [0.1, 0.15) is 0 Å². The summed E-state index contributed by atoms with van der Waals surface area (Å²) in [6.45, 7) is 2.34. The summed E-state index contributed by atoms with van der Waals surface area (Å²) in [6.07, 6.45) is 17.0. The van der Waals surface area contributed by atoms with Crippen LogP contribution in [0.3, 0.4) is 0 Å². The van der Waals surface area contributed by atoms with Gasteiger partial charge in [0.25, 0.3) is 0 Å². The number of hydrogen-bond acceptors (Lipinski definition) is 0. The summed E-state index contributed by atoms with van der Waals surface area (Å²) in [7, 11) is -10.7. The Bertz CT molecular complexity index is 508. The van der Waals surface area contributed by atoms with Gasteiger partial charge in [0.15, 0.2) is 0 Å². The molecule has 1 aromatic rings. The van der Waals surface area contributed by atoms with Crippen molar-refractivity contribution in [2.45, 2.75) is 25.2 Å². The summed E-state index contributed by atoms with van der Waals surface area (Å²) in [5.74, 6) is 0. The van der Waals surface area contributed by atoms with Crippen LogP contribution in [0.25, 0.3) is 0 Å². The van der Waals surface area contributed by atoms with Gasteiger partial charge in [-0.15, -0.1) is 0 Å². The molecule has 0 N–H and O–H groups in total. The normalized spacial score (nSPS) is 20.8. The summed E-state index contributed by atoms with van der Waals surface area (Å²) >= 11 is 0. The Labute approximate surface area is 155 Å². The molecule has 1 fully saturated rings. The van der Waals surface area contributed by atoms with E-state index in [2.05, 4.69) is 49.4 Å². The molecule has 1 saturated carbocycles. The van der Waals surface area contributed by atoms with Gasteiger partial charge in [-0.1, -0.05) is 49.4 Å². The molecule has 0 nitrogen and oxygen atoms in total. The Hall–Kier alpha value is -0.511. The van der Waals surface area contributed by atoms with Crippen molar-refractivity contribution >= 4 is 7.81 Å². The molecule has 0 atom stereocenters. The second kappa shape index (κ2) is 8.45. The van der Waals surface area contributed by atoms with Crippen molar-refractivity contribution < 1.29 is 42.3 Å². The fourth-order valence-corrected chi connectivity index (χ4v) is 2.17. The first-order valence-corrected chi connectivity index (χ1v) is 9.23. The van der Waals surface area contributed by atoms with Crippen LogP contribution in [0.1, 0.15) is 25.3 Å². The first-order valence-electron chi connectivity index (χ1n) is 7.20. The number of allylic oxidation sites excluding steroid dienone is 2. The fourth-order valence-electron chi connectivity index (χ4n) is 2.17. The van der Waals surface area contributed by atoms with Crippen molar-refractivity contribution in [2.24, 2.45) is 0 Å². The minimum absolute atomic E-state index is 0. The van der Waals surface area contributed by atoms with Crippen LogP contribution in [0.15, 0.2) is 42.5 Å². The Morgan fingerprint density at radius 3 is 1.36 bits per heavy atom. The van der Waals surface area contributed by atoms with Gasteiger partial charge in [0.2, 0.25) is 0 Å². The monoisotopic (exact) mass is 424 g/mol. The third kappa shape index (κ3) is 14.4. The second-order valence-corrected chi connectivity index (χ2v) is 7.64. The van der Waals surface area contributed by atoms with Crippen molar-refractivity contribution in [3.63, 3.8) is 0 Å². The zero-order valence-electron chi connectivity index (χ0n) is 13.4. The van der Waals surface area contributed by atoms with Crippen molar-refractivity contribution in [2.75, 3.05) is 0 Å². The molecule has 0 amide bonds. The molecule has 8 heteroatoms. The van der Waals surface area contributed by atoms with Crippen LogP contribution in [0.5, 0.6) is 0 Å². The van der Waals surface area contributed by atoms with Gasteiger partial charge < -0.3 is 0 Å². The van der Waals surface area contributed by atoms with E-state index in [4.69, 9.17) is 0 Å². The first kappa shape index (κ1) is 24.5. The Morgan fingerprint density at radius 1 is 0.720 bits per heavy atom. The van der Waals surface area contributed by atoms with Crippen molar-refractivity contribution in [3.05, 3.63) is 80.2 Å². The van der Waals surface area contributed by atoms with Gasteiger partial charge in [-0.25, -0.2) is 0 Å². The van der Waals surface area contributed by atoms with Crippen LogP contribution >= 0.6 is 7.81 Å². The molecule has 141 valence electrons. The summed E-state index contributed by atoms with van der Waals surface area (Å²) in [6, 6.07) is 10.8. The van der Waals surface area contributed by atoms with Gasteiger partial charge in [-0.2, -0.15) is 0 Å². The molecule has 0 unspecified atom stereocenters. The molecule has 2 aliphatic carbocycles. The SMILES string of the molecule is CC1(c2ccccc2)CC=CC1.F[P-](F)(F)(F)(F)F.[CH]1[CH][CH][CH][CH]1.[Fe+2]. The van der Waals surface area contributed by atoms with E-state index >= 15 is 0 Å². The third-order valence-electron chi connectivity index (χ3n) is 3.33. The van der Waals surface area contributed by atoms with Crippen LogP contribution in [0.4, 0.5) is 25.2 Å². The first-order chi connectivity index (χ1) is 10.8. The Morgan fingerprint density at radius 2 is 1.04 bits per heavy atom. The maximum Gasteiger partial charge on any atom is 2.00 e. The van der Waals surface area contributed by atoms with Crippen LogP contribution in [-0.2, 0) is 22.5 Å². The van der Waals surface area contributed by atoms with Gasteiger partial charge in [-0.05, 0) is 55.9 Å². The molecular weight excluding hydrogens is 405 g/mol. The largest absolute Gasteiger partial charge is 2.00 e. The number of rotatable bonds is 1. The Balaban J connectivity index is 0.000000380. The topological polar surface area (TPSA) is 0 Å². The average molecular weight is 424 g/mol. The van der Waals surface area contributed by atoms with Gasteiger partial charge in [0, 0.05) is 0 Å². The molecule has 2 aliphatic rings. The molecular formula is C17H19F6FeP+. The molecule has 0 aromatic heterocycles. The summed E-state index contributed by atoms with van der Waals surface area (Å²) in [5.41, 5.74) is 1.84. The van der Waals surface area contributed by atoms with E-state index in [-0.39, 0.29) is 17.1 Å². The molecule has 0 bridgehead atoms. The van der Waals surface area contributed by atoms with E-state index < -0.39 is 7.81 Å². The third-order valence-corrected chi connectivity index (χ3v) is 3.33. The smallest absolute Gasteiger partial charge is 0.0312 e. The zero-order valence-corrected chi connectivity index (χ0v) is 15.4. The fraction of sp³-hybridized carbons (Fsp3) is 0.235. The zero-order chi connectivity index (χ0) is 18.4. The summed E-state index contributed by atoms with van der Waals surface area (Å²) in [4.78, 5) is 0. The van der Waals surface area contributed by atoms with E-state index in [1.54, 1.807) is 0 Å². The van der Waals surface area contributed by atoms with Crippen LogP contribution < -0.4 is 0 Å². The Kier molecular flexibility index (Phi) is 8.28. The van der Waals surface area contributed by atoms with E-state index in [9.17, 15) is 25.2 Å². The predicted molar refractivity (Wildman–Crippen MR) is 87.2 cm³/mol. The maximum absolute atomic E-state index is 10.7. The number of benzene rings is 1. The summed E-state index contributed by atoms with van der Waals surface area (Å²) in [5, 5.41) is 0. The van der Waals surface area contributed by atoms with Gasteiger partial charge >= 0.3 is 50.1 Å². The minimum atomic E-state index is -10.7. The molecule has 0 aliphatic heterocycles. The van der Waals surface area contributed by atoms with Gasteiger partial charge in [0.05, 0.1) is 0 Å². The average Bonchev–Trinajstić information content (AvgIpc) is 3.11. The van der Waals surface area contributed by atoms with Crippen LogP contribution in [0, 0.1) is 32.1 Å². The van der Waals surface area contributed by atoms with Crippen LogP contribution in [-0.4, -0.2) is 0 Å². The van der Waals surface area contributed by atoms with Crippen molar-refractivity contribution in [1.82, 2.24) is 0 Å². The summed E-state index contributed by atoms with van der Waals surface area (Å²) < 4.78 is 59.2. The molecule has 0 spiro atoms. The maximum atomic E-state index is 9.87. The van der Waals surface area contributed by atoms with Gasteiger partial charge in [-0.3, -0.25) is 0 Å². The predicted octanol–water partition coefficient (Wildman–Crippen LogP) is 7.70. The van der Waals surface area contributed by atoms with Crippen molar-refractivity contribution in [3.8, 4) is 0 Å². The quantitative estimate of drug-likeness (QED) is 0.188. The van der Waals surface area contributed by atoms with E-state index in [1.165, 1.54) is 18.4 Å². The van der Waals surface area contributed by atoms with E-state index in [1.807, 2.05) is 32.1 Å².